The highest BCUT2D eigenvalue weighted by molar-refractivity contribution is 4.68. The predicted molar refractivity (Wildman–Crippen MR) is 55.7 cm³/mol. The molecule has 1 aliphatic heterocycles. The van der Waals surface area contributed by atoms with Gasteiger partial charge in [0.15, 0.2) is 0 Å². The Labute approximate surface area is 82.5 Å². The van der Waals surface area contributed by atoms with Crippen LogP contribution in [0, 0.1) is 0 Å². The maximum Gasteiger partial charge on any atom is 0.103 e. The van der Waals surface area contributed by atoms with Crippen molar-refractivity contribution in [2.75, 3.05) is 33.4 Å². The molecule has 0 unspecified atom stereocenters. The Morgan fingerprint density at radius 2 is 1.69 bits per heavy atom. The average molecular weight is 186 g/mol. The zero-order valence-corrected chi connectivity index (χ0v) is 9.60. The minimum Gasteiger partial charge on any atom is -0.379 e. The van der Waals surface area contributed by atoms with Crippen LogP contribution in [0.3, 0.4) is 0 Å². The molecule has 0 aromatic rings. The summed E-state index contributed by atoms with van der Waals surface area (Å²) >= 11 is 0. The minimum absolute atomic E-state index is 0.384. The molecular formula is C11H24NO+. The summed E-state index contributed by atoms with van der Waals surface area (Å²) in [6, 6.07) is 0. The number of ether oxygens (including phenoxy) is 1. The summed E-state index contributed by atoms with van der Waals surface area (Å²) in [5.41, 5.74) is 0.384. The molecule has 1 rings (SSSR count). The number of methoxy groups -OCH3 is 1. The first kappa shape index (κ1) is 11.0. The Morgan fingerprint density at radius 3 is 2.08 bits per heavy atom. The van der Waals surface area contributed by atoms with E-state index in [2.05, 4.69) is 20.8 Å². The monoisotopic (exact) mass is 186 g/mol. The lowest BCUT2D eigenvalue weighted by Gasteiger charge is -2.45. The maximum atomic E-state index is 5.21. The Hall–Kier alpha value is -0.0800. The van der Waals surface area contributed by atoms with Gasteiger partial charge in [-0.1, -0.05) is 0 Å². The molecule has 0 aliphatic carbocycles. The topological polar surface area (TPSA) is 9.23 Å². The van der Waals surface area contributed by atoms with Crippen LogP contribution in [-0.4, -0.2) is 43.4 Å². The van der Waals surface area contributed by atoms with Gasteiger partial charge in [0.1, 0.15) is 6.54 Å². The van der Waals surface area contributed by atoms with Gasteiger partial charge >= 0.3 is 0 Å². The van der Waals surface area contributed by atoms with Crippen molar-refractivity contribution in [3.8, 4) is 0 Å². The molecule has 1 aliphatic rings. The third-order valence-corrected chi connectivity index (χ3v) is 3.57. The summed E-state index contributed by atoms with van der Waals surface area (Å²) in [6.07, 6.45) is 2.78. The molecule has 1 heterocycles. The van der Waals surface area contributed by atoms with Crippen molar-refractivity contribution < 1.29 is 9.22 Å². The molecule has 0 amide bonds. The fourth-order valence-corrected chi connectivity index (χ4v) is 2.44. The Bertz CT molecular complexity index is 154. The van der Waals surface area contributed by atoms with E-state index in [-0.39, 0.29) is 0 Å². The van der Waals surface area contributed by atoms with Gasteiger partial charge in [-0.05, 0) is 20.8 Å². The van der Waals surface area contributed by atoms with E-state index in [0.29, 0.717) is 5.54 Å². The van der Waals surface area contributed by atoms with Gasteiger partial charge < -0.3 is 9.22 Å². The Morgan fingerprint density at radius 1 is 1.15 bits per heavy atom. The number of hydrogen-bond donors (Lipinski definition) is 0. The molecular weight excluding hydrogens is 162 g/mol. The smallest absolute Gasteiger partial charge is 0.103 e. The number of quaternary nitrogens is 1. The van der Waals surface area contributed by atoms with Crippen LogP contribution in [0.4, 0.5) is 0 Å². The average Bonchev–Trinajstić information content (AvgIpc) is 2.48. The van der Waals surface area contributed by atoms with Gasteiger partial charge in [-0.3, -0.25) is 0 Å². The van der Waals surface area contributed by atoms with E-state index in [1.165, 1.54) is 37.0 Å². The molecule has 0 aromatic carbocycles. The van der Waals surface area contributed by atoms with Gasteiger partial charge in [-0.2, -0.15) is 0 Å². The van der Waals surface area contributed by atoms with E-state index >= 15 is 0 Å². The van der Waals surface area contributed by atoms with E-state index < -0.39 is 0 Å². The summed E-state index contributed by atoms with van der Waals surface area (Å²) < 4.78 is 6.46. The van der Waals surface area contributed by atoms with Crippen LogP contribution in [0.25, 0.3) is 0 Å². The molecule has 0 radical (unpaired) electrons. The zero-order chi connectivity index (χ0) is 9.95. The second kappa shape index (κ2) is 3.97. The van der Waals surface area contributed by atoms with Gasteiger partial charge in [0.25, 0.3) is 0 Å². The van der Waals surface area contributed by atoms with Crippen LogP contribution in [0.5, 0.6) is 0 Å². The number of hydrogen-bond acceptors (Lipinski definition) is 1. The SMILES string of the molecule is COCC[N+]1(C(C)(C)C)CCCC1. The number of rotatable bonds is 3. The molecule has 0 N–H and O–H groups in total. The van der Waals surface area contributed by atoms with Gasteiger partial charge in [-0.15, -0.1) is 0 Å². The van der Waals surface area contributed by atoms with Crippen LogP contribution < -0.4 is 0 Å². The van der Waals surface area contributed by atoms with Crippen molar-refractivity contribution >= 4 is 0 Å². The van der Waals surface area contributed by atoms with Crippen LogP contribution in [0.15, 0.2) is 0 Å². The van der Waals surface area contributed by atoms with Crippen molar-refractivity contribution in [2.45, 2.75) is 39.2 Å². The fraction of sp³-hybridized carbons (Fsp3) is 1.00. The van der Waals surface area contributed by atoms with E-state index in [4.69, 9.17) is 4.74 Å². The van der Waals surface area contributed by atoms with Crippen LogP contribution in [0.1, 0.15) is 33.6 Å². The quantitative estimate of drug-likeness (QED) is 0.613. The normalized spacial score (nSPS) is 22.2. The highest BCUT2D eigenvalue weighted by Crippen LogP contribution is 2.30. The lowest BCUT2D eigenvalue weighted by atomic mass is 10.0. The van der Waals surface area contributed by atoms with Gasteiger partial charge in [0.05, 0.1) is 25.2 Å². The summed E-state index contributed by atoms with van der Waals surface area (Å²) in [7, 11) is 1.80. The molecule has 0 aromatic heterocycles. The molecule has 0 saturated carbocycles. The largest absolute Gasteiger partial charge is 0.379 e. The summed E-state index contributed by atoms with van der Waals surface area (Å²) in [6.45, 7) is 11.8. The molecule has 1 fully saturated rings. The highest BCUT2D eigenvalue weighted by Gasteiger charge is 2.42. The predicted octanol–water partition coefficient (Wildman–Crippen LogP) is 2.04. The van der Waals surface area contributed by atoms with Crippen molar-refractivity contribution in [3.63, 3.8) is 0 Å². The number of likely N-dealkylation sites (tertiary alicyclic amines) is 1. The summed E-state index contributed by atoms with van der Waals surface area (Å²) in [5.74, 6) is 0. The van der Waals surface area contributed by atoms with Gasteiger partial charge in [0, 0.05) is 20.0 Å². The van der Waals surface area contributed by atoms with E-state index in [9.17, 15) is 0 Å². The van der Waals surface area contributed by atoms with Gasteiger partial charge in [-0.25, -0.2) is 0 Å². The molecule has 0 atom stereocenters. The van der Waals surface area contributed by atoms with Gasteiger partial charge in [0.2, 0.25) is 0 Å². The molecule has 0 bridgehead atoms. The first-order chi connectivity index (χ1) is 6.02. The van der Waals surface area contributed by atoms with E-state index in [0.717, 1.165) is 6.61 Å². The third kappa shape index (κ3) is 2.23. The molecule has 78 valence electrons. The Balaban J connectivity index is 2.64. The minimum atomic E-state index is 0.384. The second-order valence-corrected chi connectivity index (χ2v) is 5.19. The molecule has 2 nitrogen and oxygen atoms in total. The van der Waals surface area contributed by atoms with E-state index in [1.54, 1.807) is 7.11 Å². The van der Waals surface area contributed by atoms with E-state index in [1.807, 2.05) is 0 Å². The summed E-state index contributed by atoms with van der Waals surface area (Å²) in [4.78, 5) is 0. The second-order valence-electron chi connectivity index (χ2n) is 5.19. The lowest BCUT2D eigenvalue weighted by molar-refractivity contribution is -0.960. The number of nitrogens with zero attached hydrogens (tertiary/aromatic N) is 1. The van der Waals surface area contributed by atoms with Crippen molar-refractivity contribution in [3.05, 3.63) is 0 Å². The van der Waals surface area contributed by atoms with Crippen LogP contribution >= 0.6 is 0 Å². The van der Waals surface area contributed by atoms with Crippen molar-refractivity contribution in [1.29, 1.82) is 0 Å². The van der Waals surface area contributed by atoms with Crippen molar-refractivity contribution in [1.82, 2.24) is 0 Å². The third-order valence-electron chi connectivity index (χ3n) is 3.57. The summed E-state index contributed by atoms with van der Waals surface area (Å²) in [5, 5.41) is 0. The fourth-order valence-electron chi connectivity index (χ4n) is 2.44. The zero-order valence-electron chi connectivity index (χ0n) is 9.60. The molecule has 0 spiro atoms. The first-order valence-corrected chi connectivity index (χ1v) is 5.37. The molecule has 1 saturated heterocycles. The van der Waals surface area contributed by atoms with Crippen LogP contribution in [-0.2, 0) is 4.74 Å². The first-order valence-electron chi connectivity index (χ1n) is 5.37. The standard InChI is InChI=1S/C11H24NO/c1-11(2,3)12(9-10-13-4)7-5-6-8-12/h5-10H2,1-4H3/q+1. The van der Waals surface area contributed by atoms with Crippen molar-refractivity contribution in [2.24, 2.45) is 0 Å². The maximum absolute atomic E-state index is 5.21. The lowest BCUT2D eigenvalue weighted by Crippen LogP contribution is -2.59. The highest BCUT2D eigenvalue weighted by atomic mass is 16.5. The Kier molecular flexibility index (Phi) is 3.36. The van der Waals surface area contributed by atoms with Crippen LogP contribution in [0.2, 0.25) is 0 Å². The molecule has 13 heavy (non-hydrogen) atoms. The molecule has 2 heteroatoms.